The fraction of sp³-hybridized carbons (Fsp3) is 0.400. The van der Waals surface area contributed by atoms with Gasteiger partial charge >= 0.3 is 0 Å². The number of aromatic nitrogens is 3. The highest BCUT2D eigenvalue weighted by molar-refractivity contribution is 5.77. The van der Waals surface area contributed by atoms with Crippen molar-refractivity contribution in [2.75, 3.05) is 6.54 Å². The van der Waals surface area contributed by atoms with Crippen molar-refractivity contribution in [3.05, 3.63) is 48.5 Å². The minimum absolute atomic E-state index is 0.201. The lowest BCUT2D eigenvalue weighted by atomic mass is 10.0. The first-order valence-electron chi connectivity index (χ1n) is 7.01. The van der Waals surface area contributed by atoms with E-state index < -0.39 is 0 Å². The lowest BCUT2D eigenvalue weighted by molar-refractivity contribution is -0.132. The quantitative estimate of drug-likeness (QED) is 0.854. The molecule has 0 radical (unpaired) electrons. The number of rotatable bonds is 4. The Bertz CT molecular complexity index is 553. The summed E-state index contributed by atoms with van der Waals surface area (Å²) < 4.78 is 1.70. The van der Waals surface area contributed by atoms with Crippen LogP contribution in [0.4, 0.5) is 0 Å². The molecule has 1 unspecified atom stereocenters. The molecule has 2 aromatic rings. The van der Waals surface area contributed by atoms with E-state index in [2.05, 4.69) is 22.2 Å². The third kappa shape index (κ3) is 2.71. The van der Waals surface area contributed by atoms with Crippen LogP contribution in [0, 0.1) is 0 Å². The number of benzene rings is 1. The van der Waals surface area contributed by atoms with Gasteiger partial charge < -0.3 is 4.90 Å². The molecule has 5 nitrogen and oxygen atoms in total. The summed E-state index contributed by atoms with van der Waals surface area (Å²) in [6.45, 7) is 1.45. The van der Waals surface area contributed by atoms with Crippen LogP contribution in [0.5, 0.6) is 0 Å². The van der Waals surface area contributed by atoms with E-state index in [0.717, 1.165) is 19.4 Å². The number of likely N-dealkylation sites (tertiary alicyclic amines) is 1. The van der Waals surface area contributed by atoms with Crippen LogP contribution in [0.2, 0.25) is 0 Å². The van der Waals surface area contributed by atoms with E-state index in [1.54, 1.807) is 11.0 Å². The molecular weight excluding hydrogens is 252 g/mol. The molecule has 104 valence electrons. The zero-order valence-corrected chi connectivity index (χ0v) is 11.4. The Morgan fingerprint density at radius 3 is 2.90 bits per heavy atom. The second kappa shape index (κ2) is 5.86. The average Bonchev–Trinajstić information content (AvgIpc) is 3.17. The van der Waals surface area contributed by atoms with Crippen LogP contribution in [0.1, 0.15) is 30.9 Å². The predicted molar refractivity (Wildman–Crippen MR) is 74.8 cm³/mol. The number of nitrogens with zero attached hydrogens (tertiary/aromatic N) is 4. The fourth-order valence-corrected chi connectivity index (χ4v) is 2.79. The molecule has 1 fully saturated rings. The minimum atomic E-state index is 0.201. The Morgan fingerprint density at radius 2 is 2.15 bits per heavy atom. The van der Waals surface area contributed by atoms with Crippen molar-refractivity contribution in [3.63, 3.8) is 0 Å². The first-order chi connectivity index (χ1) is 9.84. The first-order valence-corrected chi connectivity index (χ1v) is 7.01. The fourth-order valence-electron chi connectivity index (χ4n) is 2.79. The number of hydrogen-bond acceptors (Lipinski definition) is 3. The van der Waals surface area contributed by atoms with E-state index in [4.69, 9.17) is 0 Å². The molecule has 3 rings (SSSR count). The van der Waals surface area contributed by atoms with E-state index in [1.807, 2.05) is 23.1 Å². The molecule has 0 N–H and O–H groups in total. The monoisotopic (exact) mass is 270 g/mol. The van der Waals surface area contributed by atoms with E-state index in [9.17, 15) is 4.79 Å². The molecule has 5 heteroatoms. The van der Waals surface area contributed by atoms with Gasteiger partial charge in [0.15, 0.2) is 0 Å². The number of carbonyl (C=O) groups is 1. The number of aryl methyl sites for hydroxylation is 1. The molecule has 20 heavy (non-hydrogen) atoms. The van der Waals surface area contributed by atoms with Gasteiger partial charge in [-0.25, -0.2) is 4.98 Å². The standard InChI is InChI=1S/C15H18N4O/c20-15(8-10-18-12-16-11-17-18)19-9-4-7-14(19)13-5-2-1-3-6-13/h1-3,5-6,11-12,14H,4,7-10H2. The zero-order valence-electron chi connectivity index (χ0n) is 11.4. The van der Waals surface area contributed by atoms with Crippen molar-refractivity contribution >= 4 is 5.91 Å². The molecular formula is C15H18N4O. The summed E-state index contributed by atoms with van der Waals surface area (Å²) in [5.74, 6) is 0.201. The Hall–Kier alpha value is -2.17. The highest BCUT2D eigenvalue weighted by Crippen LogP contribution is 2.32. The molecule has 0 aliphatic carbocycles. The molecule has 1 aromatic heterocycles. The van der Waals surface area contributed by atoms with E-state index in [0.29, 0.717) is 13.0 Å². The summed E-state index contributed by atoms with van der Waals surface area (Å²) in [7, 11) is 0. The lowest BCUT2D eigenvalue weighted by Crippen LogP contribution is -2.31. The van der Waals surface area contributed by atoms with Gasteiger partial charge in [0.05, 0.1) is 12.6 Å². The second-order valence-electron chi connectivity index (χ2n) is 5.06. The van der Waals surface area contributed by atoms with Gasteiger partial charge in [-0.1, -0.05) is 30.3 Å². The molecule has 1 aromatic carbocycles. The van der Waals surface area contributed by atoms with Crippen LogP contribution in [-0.2, 0) is 11.3 Å². The molecule has 0 spiro atoms. The number of hydrogen-bond donors (Lipinski definition) is 0. The third-order valence-corrected chi connectivity index (χ3v) is 3.78. The second-order valence-corrected chi connectivity index (χ2v) is 5.06. The summed E-state index contributed by atoms with van der Waals surface area (Å²) in [6.07, 6.45) is 5.75. The van der Waals surface area contributed by atoms with Crippen LogP contribution < -0.4 is 0 Å². The minimum Gasteiger partial charge on any atom is -0.336 e. The average molecular weight is 270 g/mol. The molecule has 0 saturated carbocycles. The van der Waals surface area contributed by atoms with Crippen molar-refractivity contribution < 1.29 is 4.79 Å². The van der Waals surface area contributed by atoms with E-state index >= 15 is 0 Å². The van der Waals surface area contributed by atoms with Crippen molar-refractivity contribution in [1.82, 2.24) is 19.7 Å². The molecule has 1 amide bonds. The van der Waals surface area contributed by atoms with Crippen LogP contribution >= 0.6 is 0 Å². The first kappa shape index (κ1) is 12.8. The van der Waals surface area contributed by atoms with Gasteiger partial charge in [0.2, 0.25) is 5.91 Å². The van der Waals surface area contributed by atoms with Gasteiger partial charge in [-0.2, -0.15) is 5.10 Å². The van der Waals surface area contributed by atoms with Crippen molar-refractivity contribution in [2.45, 2.75) is 31.8 Å². The Labute approximate surface area is 118 Å². The molecule has 2 heterocycles. The maximum atomic E-state index is 12.4. The topological polar surface area (TPSA) is 51.0 Å². The van der Waals surface area contributed by atoms with Crippen LogP contribution in [0.3, 0.4) is 0 Å². The SMILES string of the molecule is O=C(CCn1cncn1)N1CCCC1c1ccccc1. The molecule has 1 aliphatic rings. The van der Waals surface area contributed by atoms with Gasteiger partial charge in [0.1, 0.15) is 12.7 Å². The van der Waals surface area contributed by atoms with Crippen LogP contribution in [-0.4, -0.2) is 32.1 Å². The van der Waals surface area contributed by atoms with Gasteiger partial charge in [-0.05, 0) is 18.4 Å². The van der Waals surface area contributed by atoms with Gasteiger partial charge in [-0.15, -0.1) is 0 Å². The van der Waals surface area contributed by atoms with Crippen LogP contribution in [0.15, 0.2) is 43.0 Å². The number of amides is 1. The van der Waals surface area contributed by atoms with Crippen molar-refractivity contribution in [1.29, 1.82) is 0 Å². The third-order valence-electron chi connectivity index (χ3n) is 3.78. The van der Waals surface area contributed by atoms with Crippen molar-refractivity contribution in [3.8, 4) is 0 Å². The van der Waals surface area contributed by atoms with E-state index in [1.165, 1.54) is 11.9 Å². The van der Waals surface area contributed by atoms with Crippen molar-refractivity contribution in [2.24, 2.45) is 0 Å². The molecule has 0 bridgehead atoms. The van der Waals surface area contributed by atoms with Gasteiger partial charge in [0.25, 0.3) is 0 Å². The summed E-state index contributed by atoms with van der Waals surface area (Å²) in [6, 6.07) is 10.5. The lowest BCUT2D eigenvalue weighted by Gasteiger charge is -2.25. The summed E-state index contributed by atoms with van der Waals surface area (Å²) in [5.41, 5.74) is 1.24. The highest BCUT2D eigenvalue weighted by atomic mass is 16.2. The predicted octanol–water partition coefficient (Wildman–Crippen LogP) is 2.03. The maximum Gasteiger partial charge on any atom is 0.224 e. The largest absolute Gasteiger partial charge is 0.336 e. The number of carbonyl (C=O) groups excluding carboxylic acids is 1. The van der Waals surface area contributed by atoms with Gasteiger partial charge in [-0.3, -0.25) is 9.48 Å². The maximum absolute atomic E-state index is 12.4. The highest BCUT2D eigenvalue weighted by Gasteiger charge is 2.29. The zero-order chi connectivity index (χ0) is 13.8. The van der Waals surface area contributed by atoms with E-state index in [-0.39, 0.29) is 11.9 Å². The van der Waals surface area contributed by atoms with Gasteiger partial charge in [0, 0.05) is 13.0 Å². The molecule has 1 atom stereocenters. The molecule has 1 saturated heterocycles. The Morgan fingerprint density at radius 1 is 1.30 bits per heavy atom. The normalized spacial score (nSPS) is 18.4. The summed E-state index contributed by atoms with van der Waals surface area (Å²) in [5, 5.41) is 4.03. The summed E-state index contributed by atoms with van der Waals surface area (Å²) in [4.78, 5) is 18.3. The Kier molecular flexibility index (Phi) is 3.76. The Balaban J connectivity index is 1.64. The van der Waals surface area contributed by atoms with Crippen LogP contribution in [0.25, 0.3) is 0 Å². The molecule has 1 aliphatic heterocycles. The summed E-state index contributed by atoms with van der Waals surface area (Å²) >= 11 is 0. The smallest absolute Gasteiger partial charge is 0.224 e.